The largest absolute Gasteiger partial charge is 0.497 e. The normalized spacial score (nSPS) is 28.3. The van der Waals surface area contributed by atoms with E-state index in [0.717, 1.165) is 41.3 Å². The molecule has 6 rings (SSSR count). The lowest BCUT2D eigenvalue weighted by Gasteiger charge is -2.52. The molecule has 1 aromatic carbocycles. The van der Waals surface area contributed by atoms with E-state index in [1.54, 1.807) is 7.11 Å². The van der Waals surface area contributed by atoms with Gasteiger partial charge >= 0.3 is 0 Å². The maximum Gasteiger partial charge on any atom is 0.167 e. The summed E-state index contributed by atoms with van der Waals surface area (Å²) in [5.74, 6) is 2.15. The fourth-order valence-corrected chi connectivity index (χ4v) is 6.56. The first kappa shape index (κ1) is 22.6. The Bertz CT molecular complexity index is 1000. The zero-order valence-corrected chi connectivity index (χ0v) is 20.4. The van der Waals surface area contributed by atoms with Gasteiger partial charge in [0.05, 0.1) is 18.7 Å². The second-order valence-electron chi connectivity index (χ2n) is 9.96. The van der Waals surface area contributed by atoms with Crippen LogP contribution in [0.25, 0.3) is 10.9 Å². The Balaban J connectivity index is 1.47. The summed E-state index contributed by atoms with van der Waals surface area (Å²) in [6.45, 7) is 6.34. The van der Waals surface area contributed by atoms with Crippen LogP contribution in [0.4, 0.5) is 0 Å². The van der Waals surface area contributed by atoms with E-state index in [2.05, 4.69) is 45.3 Å². The van der Waals surface area contributed by atoms with Crippen molar-refractivity contribution in [3.05, 3.63) is 48.7 Å². The molecule has 5 nitrogen and oxygen atoms in total. The molecule has 33 heavy (non-hydrogen) atoms. The monoisotopic (exact) mass is 464 g/mol. The van der Waals surface area contributed by atoms with Crippen LogP contribution in [0.1, 0.15) is 56.6 Å². The molecule has 3 saturated heterocycles. The molecule has 6 heteroatoms. The first-order valence-electron chi connectivity index (χ1n) is 12.5. The molecule has 2 bridgehead atoms. The Morgan fingerprint density at radius 1 is 1.24 bits per heavy atom. The van der Waals surface area contributed by atoms with E-state index in [-0.39, 0.29) is 6.04 Å². The molecule has 176 valence electrons. The molecular weight excluding hydrogens is 428 g/mol. The van der Waals surface area contributed by atoms with Gasteiger partial charge in [0.25, 0.3) is 0 Å². The molecule has 1 saturated carbocycles. The zero-order valence-electron chi connectivity index (χ0n) is 19.6. The van der Waals surface area contributed by atoms with Gasteiger partial charge in [-0.3, -0.25) is 9.88 Å². The van der Waals surface area contributed by atoms with Gasteiger partial charge < -0.3 is 15.4 Å². The standard InChI is InChI=1S/C27H36N4OS/c1-3-18-17-31-14-12-19(18)15-25(31)26(30-27(33)29-20-7-5-4-6-8-20)22-11-13-28-24-10-9-21(32-2)16-23(22)24/h3,9-11,13,16,18-20,25-26H,1,4-8,12,14-15,17H2,2H3,(H2,29,30,33)/t18-,19?,25+,26?/m1/s1. The smallest absolute Gasteiger partial charge is 0.167 e. The molecule has 4 aliphatic rings. The van der Waals surface area contributed by atoms with Crippen LogP contribution in [0.2, 0.25) is 0 Å². The number of pyridine rings is 1. The van der Waals surface area contributed by atoms with Gasteiger partial charge in [0.1, 0.15) is 5.75 Å². The van der Waals surface area contributed by atoms with Gasteiger partial charge in [0.15, 0.2) is 5.11 Å². The number of rotatable bonds is 6. The molecule has 0 amide bonds. The van der Waals surface area contributed by atoms with Gasteiger partial charge in [-0.1, -0.05) is 25.3 Å². The second kappa shape index (κ2) is 9.98. The highest BCUT2D eigenvalue weighted by molar-refractivity contribution is 7.80. The number of benzene rings is 1. The summed E-state index contributed by atoms with van der Waals surface area (Å²) in [7, 11) is 1.72. The third-order valence-corrected chi connectivity index (χ3v) is 8.32. The number of aromatic nitrogens is 1. The molecule has 4 heterocycles. The Morgan fingerprint density at radius 2 is 2.09 bits per heavy atom. The Labute approximate surface area is 203 Å². The van der Waals surface area contributed by atoms with Crippen molar-refractivity contribution in [2.75, 3.05) is 20.2 Å². The summed E-state index contributed by atoms with van der Waals surface area (Å²) in [6, 6.07) is 9.29. The van der Waals surface area contributed by atoms with Gasteiger partial charge in [0, 0.05) is 30.2 Å². The number of fused-ring (bicyclic) bond motifs is 4. The number of nitrogens with one attached hydrogen (secondary N) is 2. The SMILES string of the molecule is C=C[C@@H]1C[N@]2CCC1C[C@H]2C(NC(=S)NC1CCCCC1)c1ccnc2ccc(OC)cc12. The average Bonchev–Trinajstić information content (AvgIpc) is 2.87. The lowest BCUT2D eigenvalue weighted by atomic mass is 9.73. The highest BCUT2D eigenvalue weighted by Crippen LogP contribution is 2.42. The summed E-state index contributed by atoms with van der Waals surface area (Å²) < 4.78 is 5.55. The van der Waals surface area contributed by atoms with Gasteiger partial charge in [-0.05, 0) is 86.1 Å². The van der Waals surface area contributed by atoms with Crippen LogP contribution in [-0.2, 0) is 0 Å². The molecule has 2 aromatic rings. The molecule has 0 spiro atoms. The van der Waals surface area contributed by atoms with Crippen molar-refractivity contribution in [3.63, 3.8) is 0 Å². The van der Waals surface area contributed by atoms with Crippen molar-refractivity contribution >= 4 is 28.2 Å². The third-order valence-electron chi connectivity index (χ3n) is 8.08. The van der Waals surface area contributed by atoms with Crippen LogP contribution in [-0.4, -0.2) is 47.3 Å². The number of hydrogen-bond acceptors (Lipinski definition) is 4. The number of ether oxygens (including phenoxy) is 1. The number of methoxy groups -OCH3 is 1. The third kappa shape index (κ3) is 4.73. The second-order valence-corrected chi connectivity index (χ2v) is 10.4. The summed E-state index contributed by atoms with van der Waals surface area (Å²) in [5, 5.41) is 9.34. The van der Waals surface area contributed by atoms with Gasteiger partial charge in [0.2, 0.25) is 0 Å². The molecule has 0 radical (unpaired) electrons. The van der Waals surface area contributed by atoms with Crippen molar-refractivity contribution in [2.24, 2.45) is 11.8 Å². The van der Waals surface area contributed by atoms with E-state index in [1.807, 2.05) is 18.3 Å². The highest BCUT2D eigenvalue weighted by Gasteiger charge is 2.43. The number of hydrogen-bond donors (Lipinski definition) is 2. The molecule has 1 aliphatic carbocycles. The lowest BCUT2D eigenvalue weighted by molar-refractivity contribution is 0.00426. The van der Waals surface area contributed by atoms with Crippen LogP contribution in [0.3, 0.4) is 0 Å². The summed E-state index contributed by atoms with van der Waals surface area (Å²) in [6.07, 6.45) is 12.9. The van der Waals surface area contributed by atoms with E-state index in [4.69, 9.17) is 17.0 Å². The van der Waals surface area contributed by atoms with Crippen molar-refractivity contribution in [3.8, 4) is 5.75 Å². The van der Waals surface area contributed by atoms with Gasteiger partial charge in [-0.15, -0.1) is 6.58 Å². The zero-order chi connectivity index (χ0) is 22.8. The highest BCUT2D eigenvalue weighted by atomic mass is 32.1. The minimum Gasteiger partial charge on any atom is -0.497 e. The van der Waals surface area contributed by atoms with Crippen molar-refractivity contribution in [1.82, 2.24) is 20.5 Å². The van der Waals surface area contributed by atoms with E-state index in [1.165, 1.54) is 44.1 Å². The number of thiocarbonyl (C=S) groups is 1. The van der Waals surface area contributed by atoms with Crippen LogP contribution < -0.4 is 15.4 Å². The Morgan fingerprint density at radius 3 is 2.82 bits per heavy atom. The van der Waals surface area contributed by atoms with Gasteiger partial charge in [-0.2, -0.15) is 0 Å². The Hall–Kier alpha value is -2.18. The van der Waals surface area contributed by atoms with Crippen molar-refractivity contribution < 1.29 is 4.74 Å². The van der Waals surface area contributed by atoms with Crippen LogP contribution in [0.15, 0.2) is 43.1 Å². The van der Waals surface area contributed by atoms with Gasteiger partial charge in [-0.25, -0.2) is 0 Å². The predicted octanol–water partition coefficient (Wildman–Crippen LogP) is 4.98. The van der Waals surface area contributed by atoms with Crippen LogP contribution in [0.5, 0.6) is 5.75 Å². The summed E-state index contributed by atoms with van der Waals surface area (Å²) >= 11 is 5.89. The molecule has 2 N–H and O–H groups in total. The molecule has 3 aliphatic heterocycles. The van der Waals surface area contributed by atoms with E-state index in [9.17, 15) is 0 Å². The number of piperidine rings is 3. The minimum absolute atomic E-state index is 0.0970. The maximum atomic E-state index is 5.89. The quantitative estimate of drug-likeness (QED) is 0.465. The van der Waals surface area contributed by atoms with Crippen LogP contribution in [0, 0.1) is 11.8 Å². The minimum atomic E-state index is 0.0970. The Kier molecular flexibility index (Phi) is 6.84. The van der Waals surface area contributed by atoms with Crippen molar-refractivity contribution in [1.29, 1.82) is 0 Å². The lowest BCUT2D eigenvalue weighted by Crippen LogP contribution is -2.58. The van der Waals surface area contributed by atoms with E-state index in [0.29, 0.717) is 23.9 Å². The molecular formula is C27H36N4OS. The molecule has 1 aromatic heterocycles. The molecule has 2 unspecified atom stereocenters. The first-order chi connectivity index (χ1) is 16.2. The first-order valence-corrected chi connectivity index (χ1v) is 12.9. The fraction of sp³-hybridized carbons (Fsp3) is 0.556. The number of nitrogens with zero attached hydrogens (tertiary/aromatic N) is 2. The molecule has 4 fully saturated rings. The van der Waals surface area contributed by atoms with E-state index < -0.39 is 0 Å². The van der Waals surface area contributed by atoms with Crippen LogP contribution >= 0.6 is 12.2 Å². The van der Waals surface area contributed by atoms with E-state index >= 15 is 0 Å². The average molecular weight is 465 g/mol. The summed E-state index contributed by atoms with van der Waals surface area (Å²) in [4.78, 5) is 7.28. The fourth-order valence-electron chi connectivity index (χ4n) is 6.27. The molecule has 5 atom stereocenters. The topological polar surface area (TPSA) is 49.4 Å². The summed E-state index contributed by atoms with van der Waals surface area (Å²) in [5.41, 5.74) is 2.24. The predicted molar refractivity (Wildman–Crippen MR) is 139 cm³/mol. The maximum absolute atomic E-state index is 5.89. The van der Waals surface area contributed by atoms with Crippen molar-refractivity contribution in [2.45, 2.75) is 63.1 Å².